The van der Waals surface area contributed by atoms with E-state index >= 15 is 0 Å². The van der Waals surface area contributed by atoms with Gasteiger partial charge >= 0.3 is 0 Å². The Kier molecular flexibility index (Phi) is 3.96. The first kappa shape index (κ1) is 13.1. The number of hydrogen-bond acceptors (Lipinski definition) is 6. The van der Waals surface area contributed by atoms with Crippen molar-refractivity contribution in [3.63, 3.8) is 0 Å². The van der Waals surface area contributed by atoms with Crippen molar-refractivity contribution in [2.24, 2.45) is 0 Å². The molecule has 7 heteroatoms. The van der Waals surface area contributed by atoms with Gasteiger partial charge in [0.25, 0.3) is 0 Å². The summed E-state index contributed by atoms with van der Waals surface area (Å²) in [6.45, 7) is 4.60. The van der Waals surface area contributed by atoms with E-state index < -0.39 is 0 Å². The molecule has 0 bridgehead atoms. The fourth-order valence-electron chi connectivity index (χ4n) is 2.25. The SMILES string of the molecule is CCCCNc1nc2ncnc(N[C@@H]3CCOC3)c2[nH]1. The normalized spacial score (nSPS) is 18.6. The topological polar surface area (TPSA) is 87.8 Å². The van der Waals surface area contributed by atoms with Gasteiger partial charge in [0.2, 0.25) is 5.95 Å². The molecule has 0 saturated carbocycles. The van der Waals surface area contributed by atoms with E-state index in [0.717, 1.165) is 56.3 Å². The molecule has 0 spiro atoms. The Balaban J connectivity index is 1.77. The number of rotatable bonds is 6. The number of fused-ring (bicyclic) bond motifs is 1. The van der Waals surface area contributed by atoms with Crippen LogP contribution in [0.2, 0.25) is 0 Å². The van der Waals surface area contributed by atoms with Crippen LogP contribution in [0.4, 0.5) is 11.8 Å². The van der Waals surface area contributed by atoms with Crippen LogP contribution in [0.25, 0.3) is 11.2 Å². The first-order valence-corrected chi connectivity index (χ1v) is 7.15. The number of imidazole rings is 1. The maximum absolute atomic E-state index is 5.37. The van der Waals surface area contributed by atoms with Crippen molar-refractivity contribution in [2.75, 3.05) is 30.4 Å². The van der Waals surface area contributed by atoms with Gasteiger partial charge in [0.15, 0.2) is 11.5 Å². The number of H-pyrrole nitrogens is 1. The first-order chi connectivity index (χ1) is 9.86. The minimum absolute atomic E-state index is 0.313. The van der Waals surface area contributed by atoms with E-state index in [0.29, 0.717) is 11.7 Å². The molecule has 1 aliphatic rings. The van der Waals surface area contributed by atoms with Gasteiger partial charge in [0, 0.05) is 13.2 Å². The second kappa shape index (κ2) is 6.04. The second-order valence-corrected chi connectivity index (χ2v) is 4.99. The van der Waals surface area contributed by atoms with Crippen LogP contribution in [0, 0.1) is 0 Å². The molecule has 0 amide bonds. The number of nitrogens with one attached hydrogen (secondary N) is 3. The maximum atomic E-state index is 5.37. The molecule has 1 aliphatic heterocycles. The van der Waals surface area contributed by atoms with Crippen molar-refractivity contribution in [3.8, 4) is 0 Å². The van der Waals surface area contributed by atoms with Crippen LogP contribution in [0.1, 0.15) is 26.2 Å². The Morgan fingerprint density at radius 2 is 2.40 bits per heavy atom. The molecule has 0 radical (unpaired) electrons. The Morgan fingerprint density at radius 3 is 3.20 bits per heavy atom. The molecule has 108 valence electrons. The number of anilines is 2. The van der Waals surface area contributed by atoms with Crippen molar-refractivity contribution >= 4 is 22.9 Å². The zero-order valence-corrected chi connectivity index (χ0v) is 11.6. The molecule has 2 aromatic rings. The summed E-state index contributed by atoms with van der Waals surface area (Å²) >= 11 is 0. The van der Waals surface area contributed by atoms with Gasteiger partial charge in [0.1, 0.15) is 11.8 Å². The Hall–Kier alpha value is -1.89. The fourth-order valence-corrected chi connectivity index (χ4v) is 2.25. The van der Waals surface area contributed by atoms with Gasteiger partial charge in [-0.25, -0.2) is 9.97 Å². The highest BCUT2D eigenvalue weighted by atomic mass is 16.5. The maximum Gasteiger partial charge on any atom is 0.202 e. The molecule has 7 nitrogen and oxygen atoms in total. The van der Waals surface area contributed by atoms with E-state index in [1.54, 1.807) is 0 Å². The highest BCUT2D eigenvalue weighted by molar-refractivity contribution is 5.84. The van der Waals surface area contributed by atoms with Crippen molar-refractivity contribution in [1.82, 2.24) is 19.9 Å². The van der Waals surface area contributed by atoms with Gasteiger partial charge in [-0.2, -0.15) is 4.98 Å². The Bertz CT molecular complexity index is 563. The standard InChI is InChI=1S/C13H20N6O/c1-2-3-5-14-13-18-10-11(15-8-16-12(10)19-13)17-9-4-6-20-7-9/h8-9H,2-7H2,1H3,(H3,14,15,16,17,18,19)/t9-/m1/s1. The number of aromatic amines is 1. The highest BCUT2D eigenvalue weighted by Gasteiger charge is 2.18. The lowest BCUT2D eigenvalue weighted by Gasteiger charge is -2.10. The van der Waals surface area contributed by atoms with E-state index in [1.807, 2.05) is 0 Å². The summed E-state index contributed by atoms with van der Waals surface area (Å²) < 4.78 is 5.37. The molecule has 3 N–H and O–H groups in total. The molecular formula is C13H20N6O. The number of unbranched alkanes of at least 4 members (excludes halogenated alkanes) is 1. The summed E-state index contributed by atoms with van der Waals surface area (Å²) in [5.74, 6) is 1.54. The van der Waals surface area contributed by atoms with Crippen LogP contribution in [0.3, 0.4) is 0 Å². The van der Waals surface area contributed by atoms with Gasteiger partial charge in [-0.1, -0.05) is 13.3 Å². The molecule has 1 fully saturated rings. The van der Waals surface area contributed by atoms with Crippen molar-refractivity contribution in [1.29, 1.82) is 0 Å². The smallest absolute Gasteiger partial charge is 0.202 e. The quantitative estimate of drug-likeness (QED) is 0.697. The summed E-state index contributed by atoms with van der Waals surface area (Å²) in [6, 6.07) is 0.313. The number of aromatic nitrogens is 4. The lowest BCUT2D eigenvalue weighted by Crippen LogP contribution is -2.20. The molecular weight excluding hydrogens is 256 g/mol. The third-order valence-corrected chi connectivity index (χ3v) is 3.38. The number of nitrogens with zero attached hydrogens (tertiary/aromatic N) is 3. The summed E-state index contributed by atoms with van der Waals surface area (Å²) in [5, 5.41) is 6.66. The lowest BCUT2D eigenvalue weighted by molar-refractivity contribution is 0.195. The second-order valence-electron chi connectivity index (χ2n) is 4.99. The molecule has 1 atom stereocenters. The predicted molar refractivity (Wildman–Crippen MR) is 77.9 cm³/mol. The lowest BCUT2D eigenvalue weighted by atomic mass is 10.2. The molecule has 0 aromatic carbocycles. The zero-order valence-electron chi connectivity index (χ0n) is 11.6. The fraction of sp³-hybridized carbons (Fsp3) is 0.615. The van der Waals surface area contributed by atoms with Crippen LogP contribution in [-0.4, -0.2) is 45.7 Å². The van der Waals surface area contributed by atoms with Gasteiger partial charge in [-0.15, -0.1) is 0 Å². The van der Waals surface area contributed by atoms with Gasteiger partial charge < -0.3 is 20.4 Å². The van der Waals surface area contributed by atoms with Crippen molar-refractivity contribution in [3.05, 3.63) is 6.33 Å². The van der Waals surface area contributed by atoms with Crippen LogP contribution in [-0.2, 0) is 4.74 Å². The van der Waals surface area contributed by atoms with E-state index in [9.17, 15) is 0 Å². The predicted octanol–water partition coefficient (Wildman–Crippen LogP) is 1.77. The monoisotopic (exact) mass is 276 g/mol. The third kappa shape index (κ3) is 2.82. The average Bonchev–Trinajstić information content (AvgIpc) is 3.08. The highest BCUT2D eigenvalue weighted by Crippen LogP contribution is 2.21. The first-order valence-electron chi connectivity index (χ1n) is 7.15. The van der Waals surface area contributed by atoms with E-state index in [-0.39, 0.29) is 0 Å². The summed E-state index contributed by atoms with van der Waals surface area (Å²) in [7, 11) is 0. The number of ether oxygens (including phenoxy) is 1. The van der Waals surface area contributed by atoms with Crippen molar-refractivity contribution in [2.45, 2.75) is 32.2 Å². The van der Waals surface area contributed by atoms with Gasteiger partial charge in [-0.3, -0.25) is 0 Å². The van der Waals surface area contributed by atoms with Gasteiger partial charge in [0.05, 0.1) is 12.6 Å². The van der Waals surface area contributed by atoms with E-state index in [4.69, 9.17) is 4.74 Å². The Labute approximate surface area is 117 Å². The van der Waals surface area contributed by atoms with Gasteiger partial charge in [-0.05, 0) is 12.8 Å². The van der Waals surface area contributed by atoms with Crippen LogP contribution in [0.15, 0.2) is 6.33 Å². The molecule has 0 unspecified atom stereocenters. The largest absolute Gasteiger partial charge is 0.379 e. The summed E-state index contributed by atoms with van der Waals surface area (Å²) in [5.41, 5.74) is 1.53. The van der Waals surface area contributed by atoms with Crippen molar-refractivity contribution < 1.29 is 4.74 Å². The van der Waals surface area contributed by atoms with Crippen LogP contribution in [0.5, 0.6) is 0 Å². The minimum atomic E-state index is 0.313. The zero-order chi connectivity index (χ0) is 13.8. The van der Waals surface area contributed by atoms with E-state index in [2.05, 4.69) is 37.5 Å². The summed E-state index contributed by atoms with van der Waals surface area (Å²) in [4.78, 5) is 16.2. The third-order valence-electron chi connectivity index (χ3n) is 3.38. The van der Waals surface area contributed by atoms with Crippen LogP contribution < -0.4 is 10.6 Å². The number of hydrogen-bond donors (Lipinski definition) is 3. The molecule has 3 rings (SSSR count). The molecule has 2 aromatic heterocycles. The molecule has 0 aliphatic carbocycles. The molecule has 20 heavy (non-hydrogen) atoms. The molecule has 1 saturated heterocycles. The summed E-state index contributed by atoms with van der Waals surface area (Å²) in [6.07, 6.45) is 4.81. The minimum Gasteiger partial charge on any atom is -0.379 e. The Morgan fingerprint density at radius 1 is 1.45 bits per heavy atom. The average molecular weight is 276 g/mol. The van der Waals surface area contributed by atoms with E-state index in [1.165, 1.54) is 6.33 Å². The van der Waals surface area contributed by atoms with Crippen LogP contribution >= 0.6 is 0 Å². The molecule has 3 heterocycles.